The minimum atomic E-state index is -0.133. The van der Waals surface area contributed by atoms with Crippen molar-refractivity contribution in [3.63, 3.8) is 0 Å². The molecule has 1 aliphatic rings. The molecule has 1 heterocycles. The third-order valence-corrected chi connectivity index (χ3v) is 2.95. The summed E-state index contributed by atoms with van der Waals surface area (Å²) in [5, 5.41) is 12.8. The van der Waals surface area contributed by atoms with E-state index in [0.717, 1.165) is 19.3 Å². The highest BCUT2D eigenvalue weighted by Gasteiger charge is 2.31. The molecule has 0 aromatic carbocycles. The van der Waals surface area contributed by atoms with Crippen LogP contribution in [0.5, 0.6) is 0 Å². The van der Waals surface area contributed by atoms with E-state index in [1.165, 1.54) is 6.20 Å². The molecule has 0 spiro atoms. The van der Waals surface area contributed by atoms with E-state index >= 15 is 0 Å². The molecule has 5 nitrogen and oxygen atoms in total. The lowest BCUT2D eigenvalue weighted by Crippen LogP contribution is -2.33. The van der Waals surface area contributed by atoms with Crippen molar-refractivity contribution in [2.75, 3.05) is 0 Å². The number of aromatic amines is 1. The second-order valence-electron chi connectivity index (χ2n) is 4.93. The quantitative estimate of drug-likeness (QED) is 0.765. The Morgan fingerprint density at radius 3 is 3.00 bits per heavy atom. The van der Waals surface area contributed by atoms with Gasteiger partial charge < -0.3 is 5.32 Å². The van der Waals surface area contributed by atoms with Gasteiger partial charge in [0.15, 0.2) is 5.69 Å². The molecule has 2 rings (SSSR count). The number of amides is 1. The maximum atomic E-state index is 11.6. The number of hydrogen-bond acceptors (Lipinski definition) is 3. The topological polar surface area (TPSA) is 70.7 Å². The van der Waals surface area contributed by atoms with E-state index in [2.05, 4.69) is 34.6 Å². The summed E-state index contributed by atoms with van der Waals surface area (Å²) < 4.78 is 0. The van der Waals surface area contributed by atoms with Crippen LogP contribution in [0, 0.1) is 5.41 Å². The van der Waals surface area contributed by atoms with Gasteiger partial charge in [-0.25, -0.2) is 0 Å². The zero-order valence-electron chi connectivity index (χ0n) is 9.08. The first-order valence-electron chi connectivity index (χ1n) is 5.23. The van der Waals surface area contributed by atoms with Crippen LogP contribution in [0.4, 0.5) is 0 Å². The van der Waals surface area contributed by atoms with Gasteiger partial charge in [0.05, 0.1) is 6.20 Å². The van der Waals surface area contributed by atoms with Crippen molar-refractivity contribution in [1.82, 2.24) is 20.7 Å². The van der Waals surface area contributed by atoms with Crippen molar-refractivity contribution in [3.05, 3.63) is 11.9 Å². The Morgan fingerprint density at radius 2 is 2.47 bits per heavy atom. The molecular weight excluding hydrogens is 192 g/mol. The van der Waals surface area contributed by atoms with Crippen LogP contribution < -0.4 is 5.32 Å². The third-order valence-electron chi connectivity index (χ3n) is 2.95. The summed E-state index contributed by atoms with van der Waals surface area (Å²) in [4.78, 5) is 11.6. The van der Waals surface area contributed by atoms with E-state index in [1.807, 2.05) is 0 Å². The standard InChI is InChI=1S/C10H16N4O/c1-10(2)4-3-7(5-10)12-9(15)8-6-11-14-13-8/h6-7H,3-5H2,1-2H3,(H,12,15)(H,11,13,14). The summed E-state index contributed by atoms with van der Waals surface area (Å²) >= 11 is 0. The van der Waals surface area contributed by atoms with Gasteiger partial charge in [-0.3, -0.25) is 4.79 Å². The lowest BCUT2D eigenvalue weighted by atomic mass is 9.92. The number of H-pyrrole nitrogens is 1. The molecular formula is C10H16N4O. The fourth-order valence-corrected chi connectivity index (χ4v) is 2.13. The average Bonchev–Trinajstić information content (AvgIpc) is 2.74. The number of hydrogen-bond donors (Lipinski definition) is 2. The molecule has 0 saturated heterocycles. The van der Waals surface area contributed by atoms with Crippen molar-refractivity contribution in [3.8, 4) is 0 Å². The smallest absolute Gasteiger partial charge is 0.273 e. The SMILES string of the molecule is CC1(C)CCC(NC(=O)c2cn[nH]n2)C1. The van der Waals surface area contributed by atoms with Gasteiger partial charge in [-0.1, -0.05) is 13.8 Å². The van der Waals surface area contributed by atoms with Gasteiger partial charge in [-0.2, -0.15) is 15.4 Å². The lowest BCUT2D eigenvalue weighted by molar-refractivity contribution is 0.0931. The second-order valence-corrected chi connectivity index (χ2v) is 4.93. The number of carbonyl (C=O) groups excluding carboxylic acids is 1. The molecule has 2 N–H and O–H groups in total. The van der Waals surface area contributed by atoms with Gasteiger partial charge >= 0.3 is 0 Å². The van der Waals surface area contributed by atoms with Crippen molar-refractivity contribution < 1.29 is 4.79 Å². The van der Waals surface area contributed by atoms with Crippen LogP contribution in [-0.2, 0) is 0 Å². The molecule has 0 bridgehead atoms. The molecule has 1 aromatic heterocycles. The molecule has 0 radical (unpaired) electrons. The van der Waals surface area contributed by atoms with E-state index in [0.29, 0.717) is 11.1 Å². The highest BCUT2D eigenvalue weighted by molar-refractivity contribution is 5.92. The minimum absolute atomic E-state index is 0.133. The molecule has 1 saturated carbocycles. The molecule has 1 unspecified atom stereocenters. The summed E-state index contributed by atoms with van der Waals surface area (Å²) in [6.07, 6.45) is 4.69. The molecule has 15 heavy (non-hydrogen) atoms. The summed E-state index contributed by atoms with van der Waals surface area (Å²) in [6, 6.07) is 0.282. The van der Waals surface area contributed by atoms with Gasteiger partial charge in [0.2, 0.25) is 0 Å². The van der Waals surface area contributed by atoms with Crippen molar-refractivity contribution in [2.24, 2.45) is 5.41 Å². The van der Waals surface area contributed by atoms with E-state index in [-0.39, 0.29) is 11.9 Å². The Kier molecular flexibility index (Phi) is 2.46. The first-order valence-corrected chi connectivity index (χ1v) is 5.23. The Balaban J connectivity index is 1.91. The third kappa shape index (κ3) is 2.34. The maximum Gasteiger partial charge on any atom is 0.273 e. The Hall–Kier alpha value is -1.39. The van der Waals surface area contributed by atoms with Crippen molar-refractivity contribution in [1.29, 1.82) is 0 Å². The van der Waals surface area contributed by atoms with Gasteiger partial charge in [-0.05, 0) is 24.7 Å². The van der Waals surface area contributed by atoms with Crippen LogP contribution in [0.3, 0.4) is 0 Å². The highest BCUT2D eigenvalue weighted by Crippen LogP contribution is 2.36. The zero-order valence-corrected chi connectivity index (χ0v) is 9.08. The predicted molar refractivity (Wildman–Crippen MR) is 55.3 cm³/mol. The maximum absolute atomic E-state index is 11.6. The van der Waals surface area contributed by atoms with E-state index in [4.69, 9.17) is 0 Å². The summed E-state index contributed by atoms with van der Waals surface area (Å²) in [7, 11) is 0. The monoisotopic (exact) mass is 208 g/mol. The first-order chi connectivity index (χ1) is 7.07. The molecule has 0 aliphatic heterocycles. The molecule has 5 heteroatoms. The van der Waals surface area contributed by atoms with Crippen LogP contribution >= 0.6 is 0 Å². The molecule has 1 aliphatic carbocycles. The molecule has 1 atom stereocenters. The second kappa shape index (κ2) is 3.64. The van der Waals surface area contributed by atoms with Gasteiger partial charge in [0, 0.05) is 6.04 Å². The Labute approximate surface area is 88.6 Å². The zero-order chi connectivity index (χ0) is 10.9. The predicted octanol–water partition coefficient (Wildman–Crippen LogP) is 1.11. The number of carbonyl (C=O) groups is 1. The minimum Gasteiger partial charge on any atom is -0.348 e. The van der Waals surface area contributed by atoms with Crippen LogP contribution in [0.25, 0.3) is 0 Å². The number of aromatic nitrogens is 3. The Bertz CT molecular complexity index is 344. The lowest BCUT2D eigenvalue weighted by Gasteiger charge is -2.17. The van der Waals surface area contributed by atoms with Crippen molar-refractivity contribution in [2.45, 2.75) is 39.2 Å². The fourth-order valence-electron chi connectivity index (χ4n) is 2.13. The average molecular weight is 208 g/mol. The number of rotatable bonds is 2. The van der Waals surface area contributed by atoms with Gasteiger partial charge in [0.25, 0.3) is 5.91 Å². The largest absolute Gasteiger partial charge is 0.348 e. The molecule has 1 amide bonds. The highest BCUT2D eigenvalue weighted by atomic mass is 16.2. The van der Waals surface area contributed by atoms with Gasteiger partial charge in [-0.15, -0.1) is 0 Å². The van der Waals surface area contributed by atoms with Crippen molar-refractivity contribution >= 4 is 5.91 Å². The van der Waals surface area contributed by atoms with Crippen LogP contribution in [0.15, 0.2) is 6.20 Å². The van der Waals surface area contributed by atoms with E-state index in [1.54, 1.807) is 0 Å². The van der Waals surface area contributed by atoms with Gasteiger partial charge in [0.1, 0.15) is 0 Å². The molecule has 1 aromatic rings. The fraction of sp³-hybridized carbons (Fsp3) is 0.700. The molecule has 82 valence electrons. The van der Waals surface area contributed by atoms with Crippen LogP contribution in [-0.4, -0.2) is 27.4 Å². The van der Waals surface area contributed by atoms with Crippen LogP contribution in [0.1, 0.15) is 43.6 Å². The summed E-state index contributed by atoms with van der Waals surface area (Å²) in [5.74, 6) is -0.133. The normalized spacial score (nSPS) is 24.0. The number of nitrogens with zero attached hydrogens (tertiary/aromatic N) is 2. The van der Waals surface area contributed by atoms with E-state index < -0.39 is 0 Å². The summed E-state index contributed by atoms with van der Waals surface area (Å²) in [6.45, 7) is 4.46. The van der Waals surface area contributed by atoms with Crippen LogP contribution in [0.2, 0.25) is 0 Å². The van der Waals surface area contributed by atoms with E-state index in [9.17, 15) is 4.79 Å². The molecule has 1 fully saturated rings. The first kappa shape index (κ1) is 10.1. The summed E-state index contributed by atoms with van der Waals surface area (Å²) in [5.41, 5.74) is 0.710. The Morgan fingerprint density at radius 1 is 1.67 bits per heavy atom. The number of nitrogens with one attached hydrogen (secondary N) is 2.